The number of para-hydroxylation sites is 1. The number of hydrogen-bond acceptors (Lipinski definition) is 3. The number of nitrogens with zero attached hydrogens (tertiary/aromatic N) is 3. The summed E-state index contributed by atoms with van der Waals surface area (Å²) in [5, 5.41) is 4.87. The normalized spacial score (nSPS) is 11.4. The van der Waals surface area contributed by atoms with Crippen molar-refractivity contribution in [3.8, 4) is 11.6 Å². The quantitative estimate of drug-likeness (QED) is 0.707. The van der Waals surface area contributed by atoms with Crippen molar-refractivity contribution < 1.29 is 9.53 Å². The first-order chi connectivity index (χ1) is 12.7. The number of ether oxygens (including phenoxy) is 1. The molecule has 3 rings (SSSR count). The number of rotatable bonds is 5. The topological polar surface area (TPSA) is 56.5 Å². The van der Waals surface area contributed by atoms with Crippen LogP contribution in [0, 0.1) is 6.92 Å². The van der Waals surface area contributed by atoms with E-state index in [1.807, 2.05) is 56.3 Å². The molecule has 0 radical (unpaired) electrons. The van der Waals surface area contributed by atoms with Gasteiger partial charge >= 0.3 is 0 Å². The highest BCUT2D eigenvalue weighted by Gasteiger charge is 2.07. The largest absolute Gasteiger partial charge is 0.478 e. The van der Waals surface area contributed by atoms with Gasteiger partial charge in [-0.3, -0.25) is 4.79 Å². The second-order valence-electron chi connectivity index (χ2n) is 5.93. The summed E-state index contributed by atoms with van der Waals surface area (Å²) < 4.78 is 7.51. The Bertz CT molecular complexity index is 945. The molecule has 132 valence electrons. The zero-order valence-corrected chi connectivity index (χ0v) is 14.9. The molecule has 0 spiro atoms. The van der Waals surface area contributed by atoms with Crippen LogP contribution >= 0.6 is 0 Å². The van der Waals surface area contributed by atoms with Gasteiger partial charge in [0.1, 0.15) is 0 Å². The van der Waals surface area contributed by atoms with Crippen molar-refractivity contribution in [1.29, 1.82) is 0 Å². The van der Waals surface area contributed by atoms with Gasteiger partial charge in [-0.05, 0) is 37.6 Å². The second kappa shape index (κ2) is 8.25. The number of benzene rings is 2. The van der Waals surface area contributed by atoms with Gasteiger partial charge in [0.05, 0.1) is 23.8 Å². The predicted molar refractivity (Wildman–Crippen MR) is 100 cm³/mol. The molecule has 1 heterocycles. The Labute approximate surface area is 152 Å². The highest BCUT2D eigenvalue weighted by atomic mass is 16.5. The van der Waals surface area contributed by atoms with Gasteiger partial charge in [0, 0.05) is 11.6 Å². The van der Waals surface area contributed by atoms with Gasteiger partial charge in [-0.25, -0.2) is 9.67 Å². The first kappa shape index (κ1) is 17.6. The van der Waals surface area contributed by atoms with Gasteiger partial charge in [0.15, 0.2) is 0 Å². The maximum absolute atomic E-state index is 12.4. The average Bonchev–Trinajstić information content (AvgIpc) is 2.67. The summed E-state index contributed by atoms with van der Waals surface area (Å²) in [4.78, 5) is 16.5. The molecule has 0 aliphatic heterocycles. The highest BCUT2D eigenvalue weighted by molar-refractivity contribution is 5.94. The lowest BCUT2D eigenvalue weighted by Crippen LogP contribution is -2.15. The van der Waals surface area contributed by atoms with Gasteiger partial charge in [0.2, 0.25) is 5.88 Å². The molecule has 5 heteroatoms. The summed E-state index contributed by atoms with van der Waals surface area (Å²) in [6.45, 7) is 4.57. The minimum absolute atomic E-state index is 0.300. The van der Waals surface area contributed by atoms with E-state index in [4.69, 9.17) is 4.74 Å². The van der Waals surface area contributed by atoms with Gasteiger partial charge < -0.3 is 4.74 Å². The number of amides is 1. The number of hydrogen-bond donors (Lipinski definition) is 0. The van der Waals surface area contributed by atoms with Crippen molar-refractivity contribution in [3.05, 3.63) is 83.3 Å². The summed E-state index contributed by atoms with van der Waals surface area (Å²) in [6.07, 6.45) is 2.44. The van der Waals surface area contributed by atoms with E-state index in [9.17, 15) is 4.79 Å². The first-order valence-electron chi connectivity index (χ1n) is 8.60. The zero-order valence-electron chi connectivity index (χ0n) is 14.9. The molecule has 0 bridgehead atoms. The Morgan fingerprint density at radius 2 is 1.85 bits per heavy atom. The van der Waals surface area contributed by atoms with E-state index in [1.54, 1.807) is 29.1 Å². The Balaban J connectivity index is 1.97. The molecule has 0 N–H and O–H groups in total. The molecule has 0 aliphatic carbocycles. The molecule has 26 heavy (non-hydrogen) atoms. The van der Waals surface area contributed by atoms with Crippen LogP contribution in [0.2, 0.25) is 0 Å². The molecular formula is C21H21N3O2. The third-order valence-corrected chi connectivity index (χ3v) is 3.77. The molecule has 1 aromatic heterocycles. The van der Waals surface area contributed by atoms with E-state index in [0.717, 1.165) is 17.7 Å². The van der Waals surface area contributed by atoms with Crippen molar-refractivity contribution in [2.24, 2.45) is 4.99 Å². The molecule has 0 fully saturated rings. The zero-order chi connectivity index (χ0) is 18.4. The Morgan fingerprint density at radius 3 is 2.54 bits per heavy atom. The van der Waals surface area contributed by atoms with Crippen LogP contribution in [-0.4, -0.2) is 22.3 Å². The third-order valence-electron chi connectivity index (χ3n) is 3.77. The van der Waals surface area contributed by atoms with Crippen molar-refractivity contribution >= 4 is 5.91 Å². The van der Waals surface area contributed by atoms with E-state index in [0.29, 0.717) is 23.4 Å². The summed E-state index contributed by atoms with van der Waals surface area (Å²) >= 11 is 0. The minimum atomic E-state index is -0.300. The molecule has 3 aromatic rings. The Hall–Kier alpha value is -3.21. The molecule has 0 aliphatic rings. The standard InChI is InChI=1S/C21H21N3O2/c1-3-13-26-20-14-18(15-22-24(20)19-7-5-4-6-8-19)23-21(25)17-11-9-16(2)10-12-17/h4-12,14-15H,3,13H2,1-2H3. The Morgan fingerprint density at radius 1 is 1.12 bits per heavy atom. The number of aryl methyl sites for hydroxylation is 1. The Kier molecular flexibility index (Phi) is 5.59. The lowest BCUT2D eigenvalue weighted by molar-refractivity contribution is 0.0998. The van der Waals surface area contributed by atoms with E-state index in [-0.39, 0.29) is 5.91 Å². The van der Waals surface area contributed by atoms with Gasteiger partial charge in [-0.1, -0.05) is 42.8 Å². The SMILES string of the molecule is CCCOc1cc(=NC(=O)c2ccc(C)cc2)cnn1-c1ccccc1. The smallest absolute Gasteiger partial charge is 0.277 e. The molecule has 5 nitrogen and oxygen atoms in total. The van der Waals surface area contributed by atoms with Crippen LogP contribution < -0.4 is 10.1 Å². The van der Waals surface area contributed by atoms with Crippen LogP contribution in [0.3, 0.4) is 0 Å². The number of carbonyl (C=O) groups excluding carboxylic acids is 1. The summed E-state index contributed by atoms with van der Waals surface area (Å²) in [7, 11) is 0. The summed E-state index contributed by atoms with van der Waals surface area (Å²) in [6, 6.07) is 18.8. The van der Waals surface area contributed by atoms with E-state index in [2.05, 4.69) is 10.1 Å². The second-order valence-corrected chi connectivity index (χ2v) is 5.93. The monoisotopic (exact) mass is 347 g/mol. The van der Waals surface area contributed by atoms with E-state index in [1.165, 1.54) is 0 Å². The molecule has 0 atom stereocenters. The van der Waals surface area contributed by atoms with Crippen molar-refractivity contribution in [2.75, 3.05) is 6.61 Å². The fourth-order valence-corrected chi connectivity index (χ4v) is 2.41. The predicted octanol–water partition coefficient (Wildman–Crippen LogP) is 3.71. The summed E-state index contributed by atoms with van der Waals surface area (Å²) in [5.74, 6) is 0.252. The highest BCUT2D eigenvalue weighted by Crippen LogP contribution is 2.14. The van der Waals surface area contributed by atoms with Crippen LogP contribution in [0.4, 0.5) is 0 Å². The van der Waals surface area contributed by atoms with Crippen LogP contribution in [-0.2, 0) is 0 Å². The fourth-order valence-electron chi connectivity index (χ4n) is 2.41. The maximum Gasteiger partial charge on any atom is 0.277 e. The first-order valence-corrected chi connectivity index (χ1v) is 8.60. The van der Waals surface area contributed by atoms with Crippen molar-refractivity contribution in [2.45, 2.75) is 20.3 Å². The molecule has 0 saturated carbocycles. The lowest BCUT2D eigenvalue weighted by atomic mass is 10.1. The van der Waals surface area contributed by atoms with Crippen molar-refractivity contribution in [3.63, 3.8) is 0 Å². The third kappa shape index (κ3) is 4.25. The van der Waals surface area contributed by atoms with Crippen LogP contribution in [0.1, 0.15) is 29.3 Å². The number of carbonyl (C=O) groups is 1. The molecular weight excluding hydrogens is 326 g/mol. The minimum Gasteiger partial charge on any atom is -0.478 e. The summed E-state index contributed by atoms with van der Waals surface area (Å²) in [5.41, 5.74) is 2.53. The van der Waals surface area contributed by atoms with Crippen LogP contribution in [0.5, 0.6) is 5.88 Å². The van der Waals surface area contributed by atoms with Crippen LogP contribution in [0.25, 0.3) is 5.69 Å². The van der Waals surface area contributed by atoms with Crippen molar-refractivity contribution in [1.82, 2.24) is 9.78 Å². The molecule has 0 unspecified atom stereocenters. The molecule has 2 aromatic carbocycles. The maximum atomic E-state index is 12.4. The average molecular weight is 347 g/mol. The van der Waals surface area contributed by atoms with Gasteiger partial charge in [-0.15, -0.1) is 0 Å². The fraction of sp³-hybridized carbons (Fsp3) is 0.190. The number of aromatic nitrogens is 2. The lowest BCUT2D eigenvalue weighted by Gasteiger charge is -2.12. The molecule has 1 amide bonds. The van der Waals surface area contributed by atoms with Gasteiger partial charge in [0.25, 0.3) is 5.91 Å². The van der Waals surface area contributed by atoms with Gasteiger partial charge in [-0.2, -0.15) is 5.10 Å². The van der Waals surface area contributed by atoms with E-state index < -0.39 is 0 Å². The van der Waals surface area contributed by atoms with E-state index >= 15 is 0 Å². The van der Waals surface area contributed by atoms with Crippen LogP contribution in [0.15, 0.2) is 71.9 Å². The molecule has 0 saturated heterocycles.